The molecule has 1 aromatic rings. The molecule has 0 spiro atoms. The molecular weight excluding hydrogens is 202 g/mol. The third-order valence-corrected chi connectivity index (χ3v) is 3.38. The van der Waals surface area contributed by atoms with Gasteiger partial charge in [0.05, 0.1) is 0 Å². The minimum absolute atomic E-state index is 0.575. The first-order chi connectivity index (χ1) is 7.04. The van der Waals surface area contributed by atoms with E-state index in [0.717, 1.165) is 12.3 Å². The van der Waals surface area contributed by atoms with Gasteiger partial charge >= 0.3 is 0 Å². The van der Waals surface area contributed by atoms with E-state index in [1.54, 1.807) is 0 Å². The second kappa shape index (κ2) is 3.98. The first-order valence-electron chi connectivity index (χ1n) is 5.57. The maximum Gasteiger partial charge on any atom is 0.242 e. The van der Waals surface area contributed by atoms with E-state index in [2.05, 4.69) is 49.2 Å². The summed E-state index contributed by atoms with van der Waals surface area (Å²) in [5, 5.41) is 3.40. The third kappa shape index (κ3) is 2.83. The molecule has 1 heterocycles. The zero-order chi connectivity index (χ0) is 10.9. The van der Waals surface area contributed by atoms with Crippen LogP contribution >= 0.6 is 0 Å². The minimum atomic E-state index is -1.45. The zero-order valence-electron chi connectivity index (χ0n) is 9.71. The summed E-state index contributed by atoms with van der Waals surface area (Å²) in [4.78, 5) is 0. The summed E-state index contributed by atoms with van der Waals surface area (Å²) in [5.74, 6) is 1.01. The Bertz CT molecular complexity index is 324. The Labute approximate surface area is 92.8 Å². The summed E-state index contributed by atoms with van der Waals surface area (Å²) in [6.07, 6.45) is 1.26. The van der Waals surface area contributed by atoms with Gasteiger partial charge in [-0.25, -0.2) is 0 Å². The van der Waals surface area contributed by atoms with Gasteiger partial charge in [0.2, 0.25) is 8.32 Å². The predicted octanol–water partition coefficient (Wildman–Crippen LogP) is 2.93. The van der Waals surface area contributed by atoms with Gasteiger partial charge in [-0.2, -0.15) is 0 Å². The Morgan fingerprint density at radius 1 is 1.20 bits per heavy atom. The molecule has 2 rings (SSSR count). The molecule has 15 heavy (non-hydrogen) atoms. The van der Waals surface area contributed by atoms with Crippen molar-refractivity contribution in [3.63, 3.8) is 0 Å². The Kier molecular flexibility index (Phi) is 2.84. The molecule has 1 N–H and O–H groups in total. The van der Waals surface area contributed by atoms with E-state index >= 15 is 0 Å². The highest BCUT2D eigenvalue weighted by atomic mass is 28.4. The molecule has 0 unspecified atom stereocenters. The Hall–Kier alpha value is -0.803. The summed E-state index contributed by atoms with van der Waals surface area (Å²) in [6, 6.07) is 9.10. The number of hydrogen-bond acceptors (Lipinski definition) is 2. The van der Waals surface area contributed by atoms with Gasteiger partial charge in [0, 0.05) is 6.04 Å². The van der Waals surface area contributed by atoms with Crippen LogP contribution in [-0.4, -0.2) is 14.9 Å². The first kappa shape index (κ1) is 10.7. The van der Waals surface area contributed by atoms with E-state index in [4.69, 9.17) is 4.43 Å². The highest BCUT2D eigenvalue weighted by Gasteiger charge is 2.19. The van der Waals surface area contributed by atoms with Crippen molar-refractivity contribution in [1.29, 1.82) is 0 Å². The van der Waals surface area contributed by atoms with Crippen LogP contribution in [0, 0.1) is 0 Å². The smallest absolute Gasteiger partial charge is 0.242 e. The van der Waals surface area contributed by atoms with Crippen LogP contribution in [0.2, 0.25) is 19.6 Å². The molecule has 0 amide bonds. The molecule has 1 atom stereocenters. The monoisotopic (exact) mass is 221 g/mol. The Morgan fingerprint density at radius 2 is 1.80 bits per heavy atom. The fourth-order valence-corrected chi connectivity index (χ4v) is 2.54. The largest absolute Gasteiger partial charge is 0.544 e. The number of rotatable bonds is 3. The normalized spacial score (nSPS) is 20.9. The first-order valence-corrected chi connectivity index (χ1v) is 8.98. The van der Waals surface area contributed by atoms with Crippen molar-refractivity contribution in [2.45, 2.75) is 32.1 Å². The van der Waals surface area contributed by atoms with Gasteiger partial charge in [-0.3, -0.25) is 0 Å². The van der Waals surface area contributed by atoms with Crippen molar-refractivity contribution in [2.75, 3.05) is 6.54 Å². The van der Waals surface area contributed by atoms with Gasteiger partial charge in [-0.15, -0.1) is 0 Å². The highest BCUT2D eigenvalue weighted by molar-refractivity contribution is 6.70. The van der Waals surface area contributed by atoms with Gasteiger partial charge < -0.3 is 9.74 Å². The van der Waals surface area contributed by atoms with Crippen molar-refractivity contribution >= 4 is 8.32 Å². The molecule has 0 aromatic heterocycles. The fourth-order valence-electron chi connectivity index (χ4n) is 1.69. The van der Waals surface area contributed by atoms with E-state index in [0.29, 0.717) is 6.04 Å². The maximum absolute atomic E-state index is 5.91. The van der Waals surface area contributed by atoms with Crippen LogP contribution < -0.4 is 9.74 Å². The maximum atomic E-state index is 5.91. The highest BCUT2D eigenvalue weighted by Crippen LogP contribution is 2.25. The lowest BCUT2D eigenvalue weighted by molar-refractivity contribution is 0.383. The lowest BCUT2D eigenvalue weighted by Gasteiger charge is -2.28. The minimum Gasteiger partial charge on any atom is -0.544 e. The Morgan fingerprint density at radius 3 is 2.20 bits per heavy atom. The lowest BCUT2D eigenvalue weighted by Crippen LogP contribution is -2.34. The van der Waals surface area contributed by atoms with Gasteiger partial charge in [0.1, 0.15) is 5.75 Å². The average Bonchev–Trinajstić information content (AvgIpc) is 2.02. The van der Waals surface area contributed by atoms with Crippen LogP contribution in [0.1, 0.15) is 18.0 Å². The molecule has 1 aromatic carbocycles. The molecule has 0 saturated carbocycles. The van der Waals surface area contributed by atoms with Crippen molar-refractivity contribution in [1.82, 2.24) is 5.32 Å². The summed E-state index contributed by atoms with van der Waals surface area (Å²) in [5.41, 5.74) is 1.38. The van der Waals surface area contributed by atoms with Gasteiger partial charge in [0.25, 0.3) is 0 Å². The quantitative estimate of drug-likeness (QED) is 0.792. The zero-order valence-corrected chi connectivity index (χ0v) is 10.7. The Balaban J connectivity index is 2.03. The third-order valence-electron chi connectivity index (χ3n) is 2.53. The number of benzene rings is 1. The molecule has 0 radical (unpaired) electrons. The van der Waals surface area contributed by atoms with E-state index < -0.39 is 8.32 Å². The van der Waals surface area contributed by atoms with E-state index in [1.165, 1.54) is 12.0 Å². The van der Waals surface area contributed by atoms with E-state index in [1.807, 2.05) is 0 Å². The molecule has 1 fully saturated rings. The van der Waals surface area contributed by atoms with Gasteiger partial charge in [-0.1, -0.05) is 12.1 Å². The standard InChI is InChI=1S/C12H19NOSi/c1-15(2,3)14-11-6-4-10(5-7-11)12-8-9-13-12/h4-7,12-13H,8-9H2,1-3H3/t12-/m0/s1. The molecule has 82 valence electrons. The lowest BCUT2D eigenvalue weighted by atomic mass is 9.98. The second-order valence-electron chi connectivity index (χ2n) is 5.08. The number of nitrogens with one attached hydrogen (secondary N) is 1. The van der Waals surface area contributed by atoms with Crippen LogP contribution in [0.3, 0.4) is 0 Å². The molecule has 3 heteroatoms. The molecule has 2 nitrogen and oxygen atoms in total. The summed E-state index contributed by atoms with van der Waals surface area (Å²) in [7, 11) is -1.45. The molecule has 1 aliphatic rings. The molecule has 1 aliphatic heterocycles. The van der Waals surface area contributed by atoms with Crippen molar-refractivity contribution < 1.29 is 4.43 Å². The summed E-state index contributed by atoms with van der Waals surface area (Å²) < 4.78 is 5.91. The fraction of sp³-hybridized carbons (Fsp3) is 0.500. The van der Waals surface area contributed by atoms with E-state index in [9.17, 15) is 0 Å². The van der Waals surface area contributed by atoms with Gasteiger partial charge in [-0.05, 0) is 50.3 Å². The van der Waals surface area contributed by atoms with Crippen molar-refractivity contribution in [2.24, 2.45) is 0 Å². The van der Waals surface area contributed by atoms with Crippen molar-refractivity contribution in [3.8, 4) is 5.75 Å². The van der Waals surface area contributed by atoms with Crippen LogP contribution in [0.4, 0.5) is 0 Å². The topological polar surface area (TPSA) is 21.3 Å². The van der Waals surface area contributed by atoms with Crippen LogP contribution in [0.15, 0.2) is 24.3 Å². The van der Waals surface area contributed by atoms with Crippen molar-refractivity contribution in [3.05, 3.63) is 29.8 Å². The number of hydrogen-bond donors (Lipinski definition) is 1. The van der Waals surface area contributed by atoms with Crippen LogP contribution in [-0.2, 0) is 0 Å². The molecule has 0 aliphatic carbocycles. The molecular formula is C12H19NOSi. The summed E-state index contributed by atoms with van der Waals surface area (Å²) in [6.45, 7) is 7.76. The molecule has 0 bridgehead atoms. The van der Waals surface area contributed by atoms with Crippen LogP contribution in [0.25, 0.3) is 0 Å². The average molecular weight is 221 g/mol. The van der Waals surface area contributed by atoms with E-state index in [-0.39, 0.29) is 0 Å². The SMILES string of the molecule is C[Si](C)(C)Oc1ccc([C@@H]2CCN2)cc1. The van der Waals surface area contributed by atoms with Crippen LogP contribution in [0.5, 0.6) is 5.75 Å². The second-order valence-corrected chi connectivity index (χ2v) is 9.51. The van der Waals surface area contributed by atoms with Gasteiger partial charge in [0.15, 0.2) is 0 Å². The summed E-state index contributed by atoms with van der Waals surface area (Å²) >= 11 is 0. The predicted molar refractivity (Wildman–Crippen MR) is 65.8 cm³/mol. The molecule has 1 saturated heterocycles.